The van der Waals surface area contributed by atoms with Crippen molar-refractivity contribution in [3.05, 3.63) is 0 Å². The van der Waals surface area contributed by atoms with Gasteiger partial charge in [-0.25, -0.2) is 0 Å². The third-order valence-electron chi connectivity index (χ3n) is 4.76. The molecule has 2 nitrogen and oxygen atoms in total. The zero-order valence-corrected chi connectivity index (χ0v) is 13.0. The molecule has 2 fully saturated rings. The second kappa shape index (κ2) is 6.15. The average Bonchev–Trinajstić information content (AvgIpc) is 2.28. The van der Waals surface area contributed by atoms with Crippen molar-refractivity contribution in [2.75, 3.05) is 25.4 Å². The Bertz CT molecular complexity index is 257. The van der Waals surface area contributed by atoms with Crippen LogP contribution in [-0.4, -0.2) is 40.6 Å². The van der Waals surface area contributed by atoms with Crippen molar-refractivity contribution in [3.8, 4) is 0 Å². The zero-order valence-electron chi connectivity index (χ0n) is 12.2. The maximum Gasteiger partial charge on any atom is 0.0332 e. The van der Waals surface area contributed by atoms with Crippen LogP contribution in [0, 0.1) is 0 Å². The van der Waals surface area contributed by atoms with Gasteiger partial charge in [0.15, 0.2) is 0 Å². The summed E-state index contributed by atoms with van der Waals surface area (Å²) >= 11 is 2.12. The van der Waals surface area contributed by atoms with Crippen molar-refractivity contribution in [2.45, 2.75) is 69.1 Å². The van der Waals surface area contributed by atoms with Crippen LogP contribution in [0.15, 0.2) is 0 Å². The van der Waals surface area contributed by atoms with E-state index in [0.29, 0.717) is 10.3 Å². The van der Waals surface area contributed by atoms with Crippen molar-refractivity contribution in [1.82, 2.24) is 4.90 Å². The minimum Gasteiger partial charge on any atom is -0.329 e. The summed E-state index contributed by atoms with van der Waals surface area (Å²) in [6.45, 7) is 8.09. The number of nitrogens with two attached hydrogens (primary N) is 1. The summed E-state index contributed by atoms with van der Waals surface area (Å²) in [5.41, 5.74) is 6.55. The molecule has 1 saturated carbocycles. The highest BCUT2D eigenvalue weighted by atomic mass is 32.2. The topological polar surface area (TPSA) is 29.3 Å². The number of rotatable bonds is 2. The second-order valence-corrected chi connectivity index (χ2v) is 8.53. The normalized spacial score (nSPS) is 29.5. The van der Waals surface area contributed by atoms with E-state index in [1.807, 2.05) is 0 Å². The van der Waals surface area contributed by atoms with Gasteiger partial charge in [0, 0.05) is 35.7 Å². The minimum absolute atomic E-state index is 0.318. The van der Waals surface area contributed by atoms with Crippen LogP contribution in [0.4, 0.5) is 0 Å². The van der Waals surface area contributed by atoms with Gasteiger partial charge in [-0.05, 0) is 26.7 Å². The van der Waals surface area contributed by atoms with Gasteiger partial charge in [0.05, 0.1) is 0 Å². The minimum atomic E-state index is 0.318. The van der Waals surface area contributed by atoms with E-state index in [1.54, 1.807) is 0 Å². The highest BCUT2D eigenvalue weighted by molar-refractivity contribution is 8.00. The lowest BCUT2D eigenvalue weighted by molar-refractivity contribution is 0.0621. The van der Waals surface area contributed by atoms with Gasteiger partial charge < -0.3 is 5.73 Å². The van der Waals surface area contributed by atoms with Crippen LogP contribution in [0.3, 0.4) is 0 Å². The average molecular weight is 270 g/mol. The van der Waals surface area contributed by atoms with Gasteiger partial charge >= 0.3 is 0 Å². The van der Waals surface area contributed by atoms with E-state index in [0.717, 1.165) is 6.54 Å². The molecule has 0 amide bonds. The van der Waals surface area contributed by atoms with Crippen molar-refractivity contribution >= 4 is 11.8 Å². The Morgan fingerprint density at radius 2 is 1.67 bits per heavy atom. The lowest BCUT2D eigenvalue weighted by Gasteiger charge is -2.50. The molecule has 0 aromatic carbocycles. The first kappa shape index (κ1) is 14.7. The van der Waals surface area contributed by atoms with Crippen LogP contribution in [0.2, 0.25) is 0 Å². The lowest BCUT2D eigenvalue weighted by atomic mass is 9.82. The molecule has 0 aromatic heterocycles. The summed E-state index contributed by atoms with van der Waals surface area (Å²) in [6, 6.07) is 0. The molecule has 2 rings (SSSR count). The fourth-order valence-electron chi connectivity index (χ4n) is 3.63. The number of hydrogen-bond acceptors (Lipinski definition) is 3. The molecule has 18 heavy (non-hydrogen) atoms. The van der Waals surface area contributed by atoms with Crippen LogP contribution in [0.5, 0.6) is 0 Å². The molecule has 0 unspecified atom stereocenters. The molecule has 0 radical (unpaired) electrons. The molecule has 1 aliphatic heterocycles. The van der Waals surface area contributed by atoms with Crippen molar-refractivity contribution in [1.29, 1.82) is 0 Å². The molecular weight excluding hydrogens is 240 g/mol. The quantitative estimate of drug-likeness (QED) is 0.835. The van der Waals surface area contributed by atoms with Gasteiger partial charge in [0.2, 0.25) is 0 Å². The molecule has 1 aliphatic carbocycles. The van der Waals surface area contributed by atoms with Gasteiger partial charge in [-0.1, -0.05) is 32.1 Å². The van der Waals surface area contributed by atoms with Crippen molar-refractivity contribution in [2.24, 2.45) is 5.73 Å². The van der Waals surface area contributed by atoms with E-state index in [1.165, 1.54) is 63.8 Å². The van der Waals surface area contributed by atoms with Crippen molar-refractivity contribution in [3.63, 3.8) is 0 Å². The molecule has 1 saturated heterocycles. The molecule has 2 N–H and O–H groups in total. The van der Waals surface area contributed by atoms with Crippen LogP contribution in [-0.2, 0) is 0 Å². The van der Waals surface area contributed by atoms with Crippen molar-refractivity contribution < 1.29 is 0 Å². The Balaban J connectivity index is 2.08. The first-order valence-electron chi connectivity index (χ1n) is 7.67. The summed E-state index contributed by atoms with van der Waals surface area (Å²) in [5.74, 6) is 1.27. The first-order valence-corrected chi connectivity index (χ1v) is 8.66. The SMILES string of the molecule is CC1(C)CN(C2(CN)CCCCCCC2)CCS1. The molecular formula is C15H30N2S. The highest BCUT2D eigenvalue weighted by Gasteiger charge is 2.40. The van der Waals surface area contributed by atoms with Gasteiger partial charge in [0.25, 0.3) is 0 Å². The Labute approximate surface area is 117 Å². The molecule has 0 atom stereocenters. The second-order valence-electron chi connectivity index (χ2n) is 6.73. The van der Waals surface area contributed by atoms with Crippen LogP contribution in [0.25, 0.3) is 0 Å². The molecule has 2 aliphatic rings. The third-order valence-corrected chi connectivity index (χ3v) is 6.06. The number of hydrogen-bond donors (Lipinski definition) is 1. The molecule has 0 bridgehead atoms. The standard InChI is InChI=1S/C15H30N2S/c1-14(2)13-17(10-11-18-14)15(12-16)8-6-4-3-5-7-9-15/h3-13,16H2,1-2H3. The predicted molar refractivity (Wildman–Crippen MR) is 82.2 cm³/mol. The van der Waals surface area contributed by atoms with Gasteiger partial charge in [-0.3, -0.25) is 4.90 Å². The zero-order chi connectivity index (χ0) is 13.1. The van der Waals surface area contributed by atoms with Crippen LogP contribution < -0.4 is 5.73 Å². The number of thioether (sulfide) groups is 1. The molecule has 1 heterocycles. The Hall–Kier alpha value is 0.270. The van der Waals surface area contributed by atoms with Gasteiger partial charge in [-0.15, -0.1) is 0 Å². The molecule has 0 aromatic rings. The van der Waals surface area contributed by atoms with E-state index in [2.05, 4.69) is 30.5 Å². The van der Waals surface area contributed by atoms with E-state index in [4.69, 9.17) is 5.73 Å². The maximum atomic E-state index is 6.23. The predicted octanol–water partition coefficient (Wildman–Crippen LogP) is 3.26. The smallest absolute Gasteiger partial charge is 0.0332 e. The summed E-state index contributed by atoms with van der Waals surface area (Å²) in [5, 5.41) is 0. The largest absolute Gasteiger partial charge is 0.329 e. The van der Waals surface area contributed by atoms with Crippen LogP contribution >= 0.6 is 11.8 Å². The third kappa shape index (κ3) is 3.43. The summed E-state index contributed by atoms with van der Waals surface area (Å²) < 4.78 is 0.406. The molecule has 0 spiro atoms. The summed E-state index contributed by atoms with van der Waals surface area (Å²) in [7, 11) is 0. The van der Waals surface area contributed by atoms with Crippen LogP contribution in [0.1, 0.15) is 58.8 Å². The van der Waals surface area contributed by atoms with Gasteiger partial charge in [-0.2, -0.15) is 11.8 Å². The van der Waals surface area contributed by atoms with E-state index in [-0.39, 0.29) is 0 Å². The fraction of sp³-hybridized carbons (Fsp3) is 1.00. The molecule has 3 heteroatoms. The Kier molecular flexibility index (Phi) is 5.01. The van der Waals surface area contributed by atoms with E-state index in [9.17, 15) is 0 Å². The highest BCUT2D eigenvalue weighted by Crippen LogP contribution is 2.37. The molecule has 106 valence electrons. The number of nitrogens with zero attached hydrogens (tertiary/aromatic N) is 1. The Morgan fingerprint density at radius 1 is 1.06 bits per heavy atom. The van der Waals surface area contributed by atoms with E-state index < -0.39 is 0 Å². The lowest BCUT2D eigenvalue weighted by Crippen LogP contribution is -2.59. The Morgan fingerprint density at radius 3 is 2.22 bits per heavy atom. The van der Waals surface area contributed by atoms with Gasteiger partial charge in [0.1, 0.15) is 0 Å². The first-order chi connectivity index (χ1) is 8.58. The summed E-state index contributed by atoms with van der Waals surface area (Å²) in [4.78, 5) is 2.74. The summed E-state index contributed by atoms with van der Waals surface area (Å²) in [6.07, 6.45) is 9.65. The monoisotopic (exact) mass is 270 g/mol. The van der Waals surface area contributed by atoms with E-state index >= 15 is 0 Å². The maximum absolute atomic E-state index is 6.23. The fourth-order valence-corrected chi connectivity index (χ4v) is 4.75.